The lowest BCUT2D eigenvalue weighted by Crippen LogP contribution is -2.37. The largest absolute Gasteiger partial charge is 0.549 e. The highest BCUT2D eigenvalue weighted by Gasteiger charge is 2.33. The first kappa shape index (κ1) is 47.3. The third-order valence-corrected chi connectivity index (χ3v) is 8.95. The summed E-state index contributed by atoms with van der Waals surface area (Å²) in [5.41, 5.74) is 1.93. The average molecular weight is 823 g/mol. The van der Waals surface area contributed by atoms with Gasteiger partial charge in [0.25, 0.3) is 0 Å². The SMILES string of the molecule is CCCCCc1ccc(C(=O)OOC(=O)OCC(C)(COC(=O)OOC(=O)c2ccc(CCCCC)cc2)COC(=O)OOC(=O)c2ccc(CCCCC)cc2)cc1. The van der Waals surface area contributed by atoms with Crippen LogP contribution >= 0.6 is 0 Å². The van der Waals surface area contributed by atoms with Gasteiger partial charge in [0.05, 0.1) is 22.1 Å². The molecule has 0 N–H and O–H groups in total. The van der Waals surface area contributed by atoms with E-state index in [1.165, 1.54) is 43.3 Å². The van der Waals surface area contributed by atoms with E-state index in [4.69, 9.17) is 14.2 Å². The van der Waals surface area contributed by atoms with Gasteiger partial charge in [-0.05, 0) is 98.5 Å². The summed E-state index contributed by atoms with van der Waals surface area (Å²) in [6.45, 7) is 5.69. The van der Waals surface area contributed by atoms with Crippen molar-refractivity contribution in [2.75, 3.05) is 19.8 Å². The maximum absolute atomic E-state index is 12.4. The van der Waals surface area contributed by atoms with Crippen LogP contribution in [0.3, 0.4) is 0 Å². The van der Waals surface area contributed by atoms with Crippen LogP contribution in [0.15, 0.2) is 72.8 Å². The van der Waals surface area contributed by atoms with Gasteiger partial charge in [-0.3, -0.25) is 0 Å². The Hall–Kier alpha value is -6.12. The molecule has 0 atom stereocenters. The molecule has 3 rings (SSSR count). The number of rotatable bonds is 21. The van der Waals surface area contributed by atoms with Gasteiger partial charge < -0.3 is 14.2 Å². The Balaban J connectivity index is 1.54. The molecule has 0 saturated heterocycles. The third-order valence-electron chi connectivity index (χ3n) is 8.95. The Morgan fingerprint density at radius 1 is 0.390 bits per heavy atom. The maximum Gasteiger partial charge on any atom is 0.549 e. The normalized spacial score (nSPS) is 10.8. The summed E-state index contributed by atoms with van der Waals surface area (Å²) in [5, 5.41) is 0. The highest BCUT2D eigenvalue weighted by molar-refractivity contribution is 5.90. The molecule has 0 spiro atoms. The average Bonchev–Trinajstić information content (AvgIpc) is 3.25. The van der Waals surface area contributed by atoms with Crippen molar-refractivity contribution in [1.82, 2.24) is 0 Å². The summed E-state index contributed by atoms with van der Waals surface area (Å²) in [4.78, 5) is 102. The van der Waals surface area contributed by atoms with Gasteiger partial charge in [0, 0.05) is 0 Å². The topological polar surface area (TPSA) is 185 Å². The molecule has 0 aromatic heterocycles. The van der Waals surface area contributed by atoms with Crippen LogP contribution in [0.1, 0.15) is 133 Å². The standard InChI is InChI=1S/C44H54O15/c1-5-8-11-14-32-17-23-35(24-18-32)38(45)54-57-41(48)51-29-44(4,30-52-42(49)58-55-39(46)36-25-19-33(20-26-36)15-12-9-6-2)31-53-43(50)59-56-40(47)37-27-21-34(22-28-37)16-13-10-7-3/h17-28H,5-16,29-31H2,1-4H3. The number of hydrogen-bond acceptors (Lipinski definition) is 15. The second-order valence-electron chi connectivity index (χ2n) is 14.3. The first-order chi connectivity index (χ1) is 28.4. The van der Waals surface area contributed by atoms with Crippen molar-refractivity contribution in [2.45, 2.75) is 105 Å². The predicted octanol–water partition coefficient (Wildman–Crippen LogP) is 9.97. The molecule has 0 unspecified atom stereocenters. The van der Waals surface area contributed by atoms with E-state index in [9.17, 15) is 28.8 Å². The number of aryl methyl sites for hydroxylation is 3. The molecule has 0 amide bonds. The minimum absolute atomic E-state index is 0.126. The highest BCUT2D eigenvalue weighted by Crippen LogP contribution is 2.21. The van der Waals surface area contributed by atoms with Crippen LogP contribution in [0.25, 0.3) is 0 Å². The van der Waals surface area contributed by atoms with E-state index in [0.29, 0.717) is 0 Å². The van der Waals surface area contributed by atoms with Gasteiger partial charge >= 0.3 is 36.4 Å². The van der Waals surface area contributed by atoms with E-state index in [1.807, 2.05) is 0 Å². The minimum Gasteiger partial charge on any atom is -0.431 e. The zero-order chi connectivity index (χ0) is 42.9. The van der Waals surface area contributed by atoms with Crippen LogP contribution in [-0.4, -0.2) is 56.2 Å². The zero-order valence-corrected chi connectivity index (χ0v) is 34.2. The van der Waals surface area contributed by atoms with Gasteiger partial charge in [0.1, 0.15) is 19.8 Å². The number of unbranched alkanes of at least 4 members (excludes halogenated alkanes) is 6. The van der Waals surface area contributed by atoms with Crippen LogP contribution in [0.4, 0.5) is 14.4 Å². The monoisotopic (exact) mass is 822 g/mol. The lowest BCUT2D eigenvalue weighted by Gasteiger charge is -2.26. The van der Waals surface area contributed by atoms with Gasteiger partial charge in [0.2, 0.25) is 0 Å². The van der Waals surface area contributed by atoms with Crippen LogP contribution < -0.4 is 0 Å². The van der Waals surface area contributed by atoms with Crippen molar-refractivity contribution in [2.24, 2.45) is 5.41 Å². The van der Waals surface area contributed by atoms with Gasteiger partial charge in [-0.15, -0.1) is 0 Å². The van der Waals surface area contributed by atoms with E-state index in [-0.39, 0.29) is 16.7 Å². The third kappa shape index (κ3) is 18.3. The molecule has 0 radical (unpaired) electrons. The Bertz CT molecular complexity index is 1560. The van der Waals surface area contributed by atoms with Crippen LogP contribution in [-0.2, 0) is 62.8 Å². The van der Waals surface area contributed by atoms with Crippen molar-refractivity contribution < 1.29 is 72.3 Å². The van der Waals surface area contributed by atoms with Gasteiger partial charge in [-0.1, -0.05) is 95.7 Å². The van der Waals surface area contributed by atoms with Crippen molar-refractivity contribution in [3.05, 3.63) is 106 Å². The van der Waals surface area contributed by atoms with Crippen LogP contribution in [0.2, 0.25) is 0 Å². The summed E-state index contributed by atoms with van der Waals surface area (Å²) in [7, 11) is 0. The van der Waals surface area contributed by atoms with Crippen LogP contribution in [0, 0.1) is 5.41 Å². The molecule has 3 aromatic carbocycles. The molecule has 3 aromatic rings. The van der Waals surface area contributed by atoms with Gasteiger partial charge in [-0.25, -0.2) is 43.7 Å². The smallest absolute Gasteiger partial charge is 0.431 e. The van der Waals surface area contributed by atoms with Crippen molar-refractivity contribution in [3.63, 3.8) is 0 Å². The zero-order valence-electron chi connectivity index (χ0n) is 34.2. The number of carbonyl (C=O) groups is 6. The highest BCUT2D eigenvalue weighted by atomic mass is 17.2. The lowest BCUT2D eigenvalue weighted by molar-refractivity contribution is -0.216. The predicted molar refractivity (Wildman–Crippen MR) is 211 cm³/mol. The first-order valence-corrected chi connectivity index (χ1v) is 19.9. The van der Waals surface area contributed by atoms with E-state index >= 15 is 0 Å². The molecule has 0 aliphatic rings. The Morgan fingerprint density at radius 3 is 0.881 bits per heavy atom. The quantitative estimate of drug-likeness (QED) is 0.0325. The van der Waals surface area contributed by atoms with E-state index in [0.717, 1.165) is 93.7 Å². The molecule has 320 valence electrons. The minimum atomic E-state index is -1.55. The van der Waals surface area contributed by atoms with Gasteiger partial charge in [0.15, 0.2) is 0 Å². The Morgan fingerprint density at radius 2 is 0.644 bits per heavy atom. The summed E-state index contributed by atoms with van der Waals surface area (Å²) in [6, 6.07) is 19.8. The number of ether oxygens (including phenoxy) is 3. The fourth-order valence-electron chi connectivity index (χ4n) is 5.42. The summed E-state index contributed by atoms with van der Waals surface area (Å²) in [5.74, 6) is -2.88. The molecule has 59 heavy (non-hydrogen) atoms. The summed E-state index contributed by atoms with van der Waals surface area (Å²) >= 11 is 0. The fraction of sp³-hybridized carbons (Fsp3) is 0.455. The van der Waals surface area contributed by atoms with Crippen molar-refractivity contribution in [3.8, 4) is 0 Å². The summed E-state index contributed by atoms with van der Waals surface area (Å²) in [6.07, 6.45) is 7.70. The van der Waals surface area contributed by atoms with E-state index in [1.54, 1.807) is 36.4 Å². The molecule has 0 aliphatic carbocycles. The Kier molecular flexibility index (Phi) is 20.8. The molecule has 0 saturated carbocycles. The second kappa shape index (κ2) is 26.0. The molecule has 0 heterocycles. The van der Waals surface area contributed by atoms with Crippen LogP contribution in [0.5, 0.6) is 0 Å². The molecule has 15 heteroatoms. The number of carbonyl (C=O) groups excluding carboxylic acids is 6. The van der Waals surface area contributed by atoms with Gasteiger partial charge in [-0.2, -0.15) is 14.4 Å². The molecule has 15 nitrogen and oxygen atoms in total. The van der Waals surface area contributed by atoms with Crippen molar-refractivity contribution >= 4 is 36.4 Å². The van der Waals surface area contributed by atoms with E-state index in [2.05, 4.69) is 50.1 Å². The van der Waals surface area contributed by atoms with Crippen molar-refractivity contribution in [1.29, 1.82) is 0 Å². The molecular formula is C44H54O15. The molecule has 0 aliphatic heterocycles. The first-order valence-electron chi connectivity index (χ1n) is 19.9. The van der Waals surface area contributed by atoms with E-state index < -0.39 is 61.6 Å². The number of hydrogen-bond donors (Lipinski definition) is 0. The number of benzene rings is 3. The molecule has 0 bridgehead atoms. The Labute approximate surface area is 344 Å². The molecule has 0 fully saturated rings. The fourth-order valence-corrected chi connectivity index (χ4v) is 5.42. The lowest BCUT2D eigenvalue weighted by atomic mass is 9.94. The second-order valence-corrected chi connectivity index (χ2v) is 14.3. The maximum atomic E-state index is 12.4. The summed E-state index contributed by atoms with van der Waals surface area (Å²) < 4.78 is 15.2. The molecular weight excluding hydrogens is 768 g/mol.